The minimum Gasteiger partial charge on any atom is -0.378 e. The molecule has 138 valence electrons. The predicted molar refractivity (Wildman–Crippen MR) is 105 cm³/mol. The molecule has 0 spiro atoms. The number of guanidine groups is 1. The molecule has 1 N–H and O–H groups in total. The lowest BCUT2D eigenvalue weighted by Crippen LogP contribution is -2.47. The van der Waals surface area contributed by atoms with Crippen LogP contribution in [-0.4, -0.2) is 60.4 Å². The zero-order valence-corrected chi connectivity index (χ0v) is 17.4. The van der Waals surface area contributed by atoms with Gasteiger partial charge < -0.3 is 19.5 Å². The molecule has 1 aromatic heterocycles. The fourth-order valence-corrected chi connectivity index (χ4v) is 2.69. The zero-order chi connectivity index (χ0) is 16.7. The van der Waals surface area contributed by atoms with Crippen LogP contribution in [0.2, 0.25) is 0 Å². The molecule has 24 heavy (non-hydrogen) atoms. The maximum absolute atomic E-state index is 5.69. The Labute approximate surface area is 161 Å². The molecule has 0 aromatic carbocycles. The van der Waals surface area contributed by atoms with Gasteiger partial charge in [-0.15, -0.1) is 24.0 Å². The molecule has 0 atom stereocenters. The van der Waals surface area contributed by atoms with Crippen molar-refractivity contribution in [2.75, 3.05) is 33.3 Å². The molecule has 2 rings (SSSR count). The van der Waals surface area contributed by atoms with Crippen LogP contribution < -0.4 is 5.32 Å². The summed E-state index contributed by atoms with van der Waals surface area (Å²) in [5.41, 5.74) is 0. The highest BCUT2D eigenvalue weighted by molar-refractivity contribution is 14.0. The second kappa shape index (κ2) is 10.9. The van der Waals surface area contributed by atoms with Crippen molar-refractivity contribution in [3.8, 4) is 0 Å². The molecule has 8 heteroatoms. The van der Waals surface area contributed by atoms with Crippen LogP contribution in [0.15, 0.2) is 9.52 Å². The third-order valence-electron chi connectivity index (χ3n) is 3.98. The average molecular weight is 451 g/mol. The quantitative estimate of drug-likeness (QED) is 0.407. The number of ether oxygens (including phenoxy) is 1. The molecule has 2 heterocycles. The summed E-state index contributed by atoms with van der Waals surface area (Å²) >= 11 is 0. The Morgan fingerprint density at radius 3 is 2.67 bits per heavy atom. The molecule has 1 aliphatic heterocycles. The van der Waals surface area contributed by atoms with Gasteiger partial charge in [0, 0.05) is 45.6 Å². The standard InChI is InChI=1S/C16H29N5O2.HI/c1-5-22-13-7-10-21(11-8-13)16(17-4)18-9-6-14-19-15(12(2)3)20-23-14;/h12-13H,5-11H2,1-4H3,(H,17,18);1H. The topological polar surface area (TPSA) is 75.8 Å². The van der Waals surface area contributed by atoms with Gasteiger partial charge in [-0.25, -0.2) is 0 Å². The third-order valence-corrected chi connectivity index (χ3v) is 3.98. The monoisotopic (exact) mass is 451 g/mol. The van der Waals surface area contributed by atoms with Crippen molar-refractivity contribution in [2.45, 2.75) is 52.1 Å². The van der Waals surface area contributed by atoms with Crippen molar-refractivity contribution in [1.82, 2.24) is 20.4 Å². The number of piperidine rings is 1. The zero-order valence-electron chi connectivity index (χ0n) is 15.1. The molecule has 0 saturated carbocycles. The van der Waals surface area contributed by atoms with E-state index in [4.69, 9.17) is 9.26 Å². The van der Waals surface area contributed by atoms with Crippen LogP contribution in [0.4, 0.5) is 0 Å². The highest BCUT2D eigenvalue weighted by atomic mass is 127. The fraction of sp³-hybridized carbons (Fsp3) is 0.812. The van der Waals surface area contributed by atoms with Gasteiger partial charge in [0.1, 0.15) is 0 Å². The lowest BCUT2D eigenvalue weighted by atomic mass is 10.1. The molecule has 1 fully saturated rings. The molecular weight excluding hydrogens is 421 g/mol. The predicted octanol–water partition coefficient (Wildman–Crippen LogP) is 2.43. The first kappa shape index (κ1) is 21.1. The third kappa shape index (κ3) is 6.19. The molecule has 1 aliphatic rings. The first-order valence-corrected chi connectivity index (χ1v) is 8.53. The van der Waals surface area contributed by atoms with E-state index in [1.165, 1.54) is 0 Å². The molecule has 0 bridgehead atoms. The second-order valence-electron chi connectivity index (χ2n) is 6.07. The Morgan fingerprint density at radius 2 is 2.12 bits per heavy atom. The molecular formula is C16H30IN5O2. The summed E-state index contributed by atoms with van der Waals surface area (Å²) in [5.74, 6) is 2.66. The van der Waals surface area contributed by atoms with E-state index in [1.807, 2.05) is 7.05 Å². The molecule has 0 aliphatic carbocycles. The van der Waals surface area contributed by atoms with Crippen molar-refractivity contribution < 1.29 is 9.26 Å². The average Bonchev–Trinajstić information content (AvgIpc) is 3.02. The lowest BCUT2D eigenvalue weighted by molar-refractivity contribution is 0.0264. The maximum Gasteiger partial charge on any atom is 0.228 e. The normalized spacial score (nSPS) is 16.4. The highest BCUT2D eigenvalue weighted by Gasteiger charge is 2.21. The fourth-order valence-electron chi connectivity index (χ4n) is 2.69. The van der Waals surface area contributed by atoms with E-state index < -0.39 is 0 Å². The van der Waals surface area contributed by atoms with Crippen LogP contribution in [0.5, 0.6) is 0 Å². The summed E-state index contributed by atoms with van der Waals surface area (Å²) in [7, 11) is 1.82. The molecule has 0 unspecified atom stereocenters. The van der Waals surface area contributed by atoms with E-state index in [-0.39, 0.29) is 24.0 Å². The Hall–Kier alpha value is -0.900. The van der Waals surface area contributed by atoms with Gasteiger partial charge in [0.05, 0.1) is 6.10 Å². The van der Waals surface area contributed by atoms with E-state index in [2.05, 4.69) is 46.1 Å². The summed E-state index contributed by atoms with van der Waals surface area (Å²) in [6, 6.07) is 0. The van der Waals surface area contributed by atoms with Gasteiger partial charge >= 0.3 is 0 Å². The van der Waals surface area contributed by atoms with Gasteiger partial charge in [-0.05, 0) is 19.8 Å². The smallest absolute Gasteiger partial charge is 0.228 e. The Balaban J connectivity index is 0.00000288. The number of hydrogen-bond acceptors (Lipinski definition) is 5. The molecule has 0 radical (unpaired) electrons. The number of nitrogens with zero attached hydrogens (tertiary/aromatic N) is 4. The highest BCUT2D eigenvalue weighted by Crippen LogP contribution is 2.14. The van der Waals surface area contributed by atoms with Crippen LogP contribution >= 0.6 is 24.0 Å². The molecule has 1 saturated heterocycles. The van der Waals surface area contributed by atoms with Crippen molar-refractivity contribution in [3.05, 3.63) is 11.7 Å². The SMILES string of the molecule is CCOC1CCN(C(=NC)NCCc2nc(C(C)C)no2)CC1.I. The summed E-state index contributed by atoms with van der Waals surface area (Å²) in [6.45, 7) is 9.64. The Morgan fingerprint density at radius 1 is 1.42 bits per heavy atom. The van der Waals surface area contributed by atoms with Crippen molar-refractivity contribution >= 4 is 29.9 Å². The van der Waals surface area contributed by atoms with Crippen molar-refractivity contribution in [2.24, 2.45) is 4.99 Å². The largest absolute Gasteiger partial charge is 0.378 e. The number of halogens is 1. The molecule has 1 aromatic rings. The second-order valence-corrected chi connectivity index (χ2v) is 6.07. The number of nitrogens with one attached hydrogen (secondary N) is 1. The number of hydrogen-bond donors (Lipinski definition) is 1. The van der Waals surface area contributed by atoms with E-state index >= 15 is 0 Å². The van der Waals surface area contributed by atoms with Gasteiger partial charge in [0.2, 0.25) is 5.89 Å². The first-order chi connectivity index (χ1) is 11.1. The summed E-state index contributed by atoms with van der Waals surface area (Å²) in [6.07, 6.45) is 3.20. The van der Waals surface area contributed by atoms with E-state index in [9.17, 15) is 0 Å². The van der Waals surface area contributed by atoms with Crippen LogP contribution in [0.25, 0.3) is 0 Å². The number of likely N-dealkylation sites (tertiary alicyclic amines) is 1. The van der Waals surface area contributed by atoms with E-state index in [0.717, 1.165) is 50.9 Å². The molecule has 0 amide bonds. The van der Waals surface area contributed by atoms with Crippen LogP contribution in [0, 0.1) is 0 Å². The van der Waals surface area contributed by atoms with Crippen LogP contribution in [-0.2, 0) is 11.2 Å². The molecule has 7 nitrogen and oxygen atoms in total. The number of rotatable bonds is 6. The first-order valence-electron chi connectivity index (χ1n) is 8.53. The van der Waals surface area contributed by atoms with Crippen molar-refractivity contribution in [1.29, 1.82) is 0 Å². The van der Waals surface area contributed by atoms with Crippen LogP contribution in [0.3, 0.4) is 0 Å². The minimum absolute atomic E-state index is 0. The minimum atomic E-state index is 0. The Kier molecular flexibility index (Phi) is 9.57. The number of aromatic nitrogens is 2. The van der Waals surface area contributed by atoms with Gasteiger partial charge in [0.25, 0.3) is 0 Å². The summed E-state index contributed by atoms with van der Waals surface area (Å²) in [4.78, 5) is 11.0. The van der Waals surface area contributed by atoms with Crippen molar-refractivity contribution in [3.63, 3.8) is 0 Å². The summed E-state index contributed by atoms with van der Waals surface area (Å²) in [5, 5.41) is 7.36. The van der Waals surface area contributed by atoms with E-state index in [1.54, 1.807) is 0 Å². The van der Waals surface area contributed by atoms with Gasteiger partial charge in [0.15, 0.2) is 11.8 Å². The van der Waals surface area contributed by atoms with Gasteiger partial charge in [-0.2, -0.15) is 4.98 Å². The van der Waals surface area contributed by atoms with Gasteiger partial charge in [-0.3, -0.25) is 4.99 Å². The van der Waals surface area contributed by atoms with Gasteiger partial charge in [-0.1, -0.05) is 19.0 Å². The van der Waals surface area contributed by atoms with E-state index in [0.29, 0.717) is 24.3 Å². The lowest BCUT2D eigenvalue weighted by Gasteiger charge is -2.34. The maximum atomic E-state index is 5.69. The number of aliphatic imine (C=N–C) groups is 1. The Bertz CT molecular complexity index is 498. The van der Waals surface area contributed by atoms with Crippen LogP contribution in [0.1, 0.15) is 51.2 Å². The summed E-state index contributed by atoms with van der Waals surface area (Å²) < 4.78 is 10.9.